The van der Waals surface area contributed by atoms with Crippen LogP contribution in [0.25, 0.3) is 0 Å². The molecule has 1 aliphatic heterocycles. The summed E-state index contributed by atoms with van der Waals surface area (Å²) in [5.41, 5.74) is 0.672. The molecular formula is C14H23N3O2. The maximum atomic E-state index is 12.5. The quantitative estimate of drug-likeness (QED) is 0.854. The Balaban J connectivity index is 2.03. The molecule has 0 radical (unpaired) electrons. The Bertz CT molecular complexity index is 411. The summed E-state index contributed by atoms with van der Waals surface area (Å²) in [6.45, 7) is 6.55. The van der Waals surface area contributed by atoms with Gasteiger partial charge in [0.25, 0.3) is 5.91 Å². The number of hydrogen-bond donors (Lipinski definition) is 1. The minimum Gasteiger partial charge on any atom is -0.438 e. The van der Waals surface area contributed by atoms with Crippen molar-refractivity contribution in [2.24, 2.45) is 0 Å². The third-order valence-corrected chi connectivity index (χ3v) is 3.61. The average molecular weight is 265 g/mol. The van der Waals surface area contributed by atoms with Gasteiger partial charge in [-0.2, -0.15) is 0 Å². The molecule has 2 rings (SSSR count). The lowest BCUT2D eigenvalue weighted by molar-refractivity contribution is 0.0706. The van der Waals surface area contributed by atoms with E-state index in [-0.39, 0.29) is 5.91 Å². The summed E-state index contributed by atoms with van der Waals surface area (Å²) in [7, 11) is 0. The van der Waals surface area contributed by atoms with E-state index < -0.39 is 0 Å². The summed E-state index contributed by atoms with van der Waals surface area (Å²) < 4.78 is 5.23. The molecule has 1 atom stereocenters. The van der Waals surface area contributed by atoms with Crippen molar-refractivity contribution in [3.05, 3.63) is 17.8 Å². The van der Waals surface area contributed by atoms with Crippen molar-refractivity contribution in [2.45, 2.75) is 45.6 Å². The molecule has 5 nitrogen and oxygen atoms in total. The molecule has 1 amide bonds. The van der Waals surface area contributed by atoms with E-state index in [1.165, 1.54) is 12.8 Å². The van der Waals surface area contributed by atoms with Gasteiger partial charge in [0.2, 0.25) is 5.76 Å². The summed E-state index contributed by atoms with van der Waals surface area (Å²) >= 11 is 0. The zero-order chi connectivity index (χ0) is 13.7. The van der Waals surface area contributed by atoms with Gasteiger partial charge < -0.3 is 14.6 Å². The van der Waals surface area contributed by atoms with Crippen LogP contribution in [0.1, 0.15) is 48.9 Å². The van der Waals surface area contributed by atoms with E-state index in [2.05, 4.69) is 17.2 Å². The van der Waals surface area contributed by atoms with E-state index in [4.69, 9.17) is 4.42 Å². The number of rotatable bonds is 6. The number of carbonyl (C=O) groups is 1. The number of aromatic nitrogens is 1. The van der Waals surface area contributed by atoms with E-state index in [0.29, 0.717) is 17.5 Å². The largest absolute Gasteiger partial charge is 0.438 e. The summed E-state index contributed by atoms with van der Waals surface area (Å²) in [6, 6.07) is 0.420. The van der Waals surface area contributed by atoms with Crippen LogP contribution in [0, 0.1) is 6.92 Å². The van der Waals surface area contributed by atoms with Crippen LogP contribution < -0.4 is 5.32 Å². The fraction of sp³-hybridized carbons (Fsp3) is 0.714. The normalized spacial score (nSPS) is 18.7. The zero-order valence-electron chi connectivity index (χ0n) is 11.8. The third-order valence-electron chi connectivity index (χ3n) is 3.61. The maximum absolute atomic E-state index is 12.5. The minimum atomic E-state index is -0.0304. The van der Waals surface area contributed by atoms with Gasteiger partial charge in [-0.25, -0.2) is 4.98 Å². The van der Waals surface area contributed by atoms with Crippen LogP contribution in [0.2, 0.25) is 0 Å². The number of nitrogens with one attached hydrogen (secondary N) is 1. The monoisotopic (exact) mass is 265 g/mol. The molecule has 0 spiro atoms. The molecule has 1 aromatic rings. The van der Waals surface area contributed by atoms with Crippen molar-refractivity contribution in [3.63, 3.8) is 0 Å². The first-order chi connectivity index (χ1) is 9.22. The lowest BCUT2D eigenvalue weighted by Gasteiger charge is -2.25. The van der Waals surface area contributed by atoms with E-state index in [9.17, 15) is 4.79 Å². The van der Waals surface area contributed by atoms with Gasteiger partial charge in [0, 0.05) is 19.1 Å². The predicted octanol–water partition coefficient (Wildman–Crippen LogP) is 1.98. The second-order valence-corrected chi connectivity index (χ2v) is 5.16. The van der Waals surface area contributed by atoms with Gasteiger partial charge in [-0.3, -0.25) is 4.79 Å². The Hall–Kier alpha value is -1.36. The number of carbonyl (C=O) groups excluding carboxylic acids is 1. The van der Waals surface area contributed by atoms with Crippen LogP contribution in [-0.2, 0) is 0 Å². The van der Waals surface area contributed by atoms with Crippen molar-refractivity contribution in [2.75, 3.05) is 19.6 Å². The van der Waals surface area contributed by atoms with Crippen LogP contribution in [0.4, 0.5) is 0 Å². The molecular weight excluding hydrogens is 242 g/mol. The summed E-state index contributed by atoms with van der Waals surface area (Å²) in [4.78, 5) is 18.4. The number of oxazole rings is 1. The van der Waals surface area contributed by atoms with Gasteiger partial charge in [-0.1, -0.05) is 13.3 Å². The lowest BCUT2D eigenvalue weighted by atomic mass is 10.2. The molecule has 0 aliphatic carbocycles. The Kier molecular flexibility index (Phi) is 4.96. The first-order valence-corrected chi connectivity index (χ1v) is 7.15. The zero-order valence-corrected chi connectivity index (χ0v) is 11.8. The molecule has 2 heterocycles. The van der Waals surface area contributed by atoms with Crippen LogP contribution >= 0.6 is 0 Å². The highest BCUT2D eigenvalue weighted by atomic mass is 16.3. The highest BCUT2D eigenvalue weighted by molar-refractivity contribution is 5.92. The molecule has 19 heavy (non-hydrogen) atoms. The number of aryl methyl sites for hydroxylation is 1. The highest BCUT2D eigenvalue weighted by Crippen LogP contribution is 2.13. The third kappa shape index (κ3) is 3.56. The molecule has 1 fully saturated rings. The highest BCUT2D eigenvalue weighted by Gasteiger charge is 2.25. The molecule has 0 bridgehead atoms. The Morgan fingerprint density at radius 2 is 2.47 bits per heavy atom. The van der Waals surface area contributed by atoms with E-state index in [1.807, 2.05) is 11.8 Å². The van der Waals surface area contributed by atoms with Crippen LogP contribution in [0.15, 0.2) is 10.8 Å². The summed E-state index contributed by atoms with van der Waals surface area (Å²) in [6.07, 6.45) is 5.78. The Morgan fingerprint density at radius 1 is 1.63 bits per heavy atom. The minimum absolute atomic E-state index is 0.0304. The van der Waals surface area contributed by atoms with Crippen LogP contribution in [-0.4, -0.2) is 41.5 Å². The molecule has 1 N–H and O–H groups in total. The molecule has 0 aromatic carbocycles. The van der Waals surface area contributed by atoms with Gasteiger partial charge in [-0.05, 0) is 32.7 Å². The number of amides is 1. The number of nitrogens with zero attached hydrogens (tertiary/aromatic N) is 2. The van der Waals surface area contributed by atoms with Gasteiger partial charge in [-0.15, -0.1) is 0 Å². The second kappa shape index (κ2) is 6.70. The van der Waals surface area contributed by atoms with Gasteiger partial charge in [0.15, 0.2) is 6.39 Å². The smallest absolute Gasteiger partial charge is 0.291 e. The van der Waals surface area contributed by atoms with Crippen LogP contribution in [0.3, 0.4) is 0 Å². The second-order valence-electron chi connectivity index (χ2n) is 5.16. The van der Waals surface area contributed by atoms with E-state index >= 15 is 0 Å². The van der Waals surface area contributed by atoms with E-state index in [1.54, 1.807) is 0 Å². The molecule has 1 unspecified atom stereocenters. The molecule has 1 saturated heterocycles. The number of hydrogen-bond acceptors (Lipinski definition) is 4. The van der Waals surface area contributed by atoms with Crippen LogP contribution in [0.5, 0.6) is 0 Å². The van der Waals surface area contributed by atoms with Crippen molar-refractivity contribution < 1.29 is 9.21 Å². The lowest BCUT2D eigenvalue weighted by Crippen LogP contribution is -2.41. The van der Waals surface area contributed by atoms with Crippen molar-refractivity contribution in [1.29, 1.82) is 0 Å². The SMILES string of the molecule is CCCCN(CC1CCCN1)C(=O)c1ocnc1C. The maximum Gasteiger partial charge on any atom is 0.291 e. The van der Waals surface area contributed by atoms with E-state index in [0.717, 1.165) is 38.9 Å². The topological polar surface area (TPSA) is 58.4 Å². The van der Waals surface area contributed by atoms with Crippen molar-refractivity contribution in [1.82, 2.24) is 15.2 Å². The molecule has 0 saturated carbocycles. The Morgan fingerprint density at radius 3 is 3.05 bits per heavy atom. The molecule has 5 heteroatoms. The van der Waals surface area contributed by atoms with Gasteiger partial charge >= 0.3 is 0 Å². The fourth-order valence-corrected chi connectivity index (χ4v) is 2.45. The first kappa shape index (κ1) is 14.1. The first-order valence-electron chi connectivity index (χ1n) is 7.15. The predicted molar refractivity (Wildman–Crippen MR) is 73.1 cm³/mol. The molecule has 106 valence electrons. The number of unbranched alkanes of at least 4 members (excludes halogenated alkanes) is 1. The van der Waals surface area contributed by atoms with Gasteiger partial charge in [0.1, 0.15) is 0 Å². The molecule has 1 aromatic heterocycles. The summed E-state index contributed by atoms with van der Waals surface area (Å²) in [5, 5.41) is 3.44. The van der Waals surface area contributed by atoms with Crippen molar-refractivity contribution in [3.8, 4) is 0 Å². The van der Waals surface area contributed by atoms with Gasteiger partial charge in [0.05, 0.1) is 5.69 Å². The fourth-order valence-electron chi connectivity index (χ4n) is 2.45. The summed E-state index contributed by atoms with van der Waals surface area (Å²) in [5.74, 6) is 0.353. The molecule has 1 aliphatic rings. The Labute approximate surface area is 114 Å². The van der Waals surface area contributed by atoms with Crippen molar-refractivity contribution >= 4 is 5.91 Å². The standard InChI is InChI=1S/C14H23N3O2/c1-3-4-8-17(9-12-6-5-7-15-12)14(18)13-11(2)16-10-19-13/h10,12,15H,3-9H2,1-2H3. The average Bonchev–Trinajstić information content (AvgIpc) is 3.05.